The molecule has 2 aromatic rings. The molecule has 0 aliphatic heterocycles. The van der Waals surface area contributed by atoms with Crippen molar-refractivity contribution in [3.05, 3.63) is 64.7 Å². The highest BCUT2D eigenvalue weighted by Crippen LogP contribution is 2.30. The largest absolute Gasteiger partial charge is 0.507 e. The van der Waals surface area contributed by atoms with Gasteiger partial charge in [-0.05, 0) is 36.1 Å². The molecule has 0 spiro atoms. The van der Waals surface area contributed by atoms with E-state index in [0.717, 1.165) is 11.1 Å². The van der Waals surface area contributed by atoms with Crippen LogP contribution in [-0.4, -0.2) is 5.11 Å². The minimum atomic E-state index is 0.356. The lowest BCUT2D eigenvalue weighted by molar-refractivity contribution is 0.466. The summed E-state index contributed by atoms with van der Waals surface area (Å²) in [4.78, 5) is 0. The molecule has 88 valence electrons. The van der Waals surface area contributed by atoms with Gasteiger partial charge in [-0.1, -0.05) is 49.4 Å². The third kappa shape index (κ3) is 2.33. The monoisotopic (exact) mass is 226 g/mol. The van der Waals surface area contributed by atoms with Gasteiger partial charge in [0, 0.05) is 5.92 Å². The summed E-state index contributed by atoms with van der Waals surface area (Å²) in [6, 6.07) is 14.6. The highest BCUT2D eigenvalue weighted by Gasteiger charge is 2.11. The minimum absolute atomic E-state index is 0.356. The van der Waals surface area contributed by atoms with Gasteiger partial charge in [0.05, 0.1) is 0 Å². The van der Waals surface area contributed by atoms with Gasteiger partial charge in [0.15, 0.2) is 0 Å². The van der Waals surface area contributed by atoms with Gasteiger partial charge in [0.2, 0.25) is 0 Å². The molecule has 0 aliphatic rings. The average molecular weight is 226 g/mol. The smallest absolute Gasteiger partial charge is 0.121 e. The van der Waals surface area contributed by atoms with Crippen LogP contribution in [0.5, 0.6) is 5.75 Å². The molecule has 0 amide bonds. The number of rotatable bonds is 2. The zero-order valence-electron chi connectivity index (χ0n) is 10.6. The molecule has 1 heteroatoms. The highest BCUT2D eigenvalue weighted by molar-refractivity contribution is 5.45. The van der Waals surface area contributed by atoms with Crippen LogP contribution >= 0.6 is 0 Å². The molecule has 1 N–H and O–H groups in total. The van der Waals surface area contributed by atoms with Gasteiger partial charge in [-0.2, -0.15) is 0 Å². The normalized spacial score (nSPS) is 12.4. The predicted molar refractivity (Wildman–Crippen MR) is 71.5 cm³/mol. The molecule has 1 nitrogen and oxygen atoms in total. The molecule has 0 bridgehead atoms. The number of phenols is 1. The Hall–Kier alpha value is -1.76. The first-order chi connectivity index (χ1) is 8.09. The summed E-state index contributed by atoms with van der Waals surface area (Å²) in [6.07, 6.45) is 0. The van der Waals surface area contributed by atoms with Crippen molar-refractivity contribution in [1.29, 1.82) is 0 Å². The number of aromatic hydroxyl groups is 1. The summed E-state index contributed by atoms with van der Waals surface area (Å²) in [7, 11) is 0. The molecule has 0 aliphatic carbocycles. The third-order valence-corrected chi connectivity index (χ3v) is 3.31. The summed E-state index contributed by atoms with van der Waals surface area (Å²) < 4.78 is 0. The van der Waals surface area contributed by atoms with Crippen molar-refractivity contribution in [1.82, 2.24) is 0 Å². The van der Waals surface area contributed by atoms with Gasteiger partial charge in [0.25, 0.3) is 0 Å². The SMILES string of the molecule is Cc1cc([C@@H](C)c2ccccc2)cc(C)c1O. The van der Waals surface area contributed by atoms with E-state index in [-0.39, 0.29) is 0 Å². The zero-order valence-corrected chi connectivity index (χ0v) is 10.6. The molecule has 0 aromatic heterocycles. The number of hydrogen-bond donors (Lipinski definition) is 1. The standard InChI is InChI=1S/C16H18O/c1-11-9-15(10-12(2)16(11)17)13(3)14-7-5-4-6-8-14/h4-10,13,17H,1-3H3/t13-/m0/s1. The second-order valence-electron chi connectivity index (χ2n) is 4.64. The fourth-order valence-corrected chi connectivity index (χ4v) is 2.17. The van der Waals surface area contributed by atoms with Gasteiger partial charge in [-0.15, -0.1) is 0 Å². The molecule has 0 heterocycles. The Morgan fingerprint density at radius 1 is 0.882 bits per heavy atom. The maximum Gasteiger partial charge on any atom is 0.121 e. The first-order valence-electron chi connectivity index (χ1n) is 5.94. The van der Waals surface area contributed by atoms with E-state index in [4.69, 9.17) is 0 Å². The van der Waals surface area contributed by atoms with E-state index in [1.165, 1.54) is 11.1 Å². The average Bonchev–Trinajstić information content (AvgIpc) is 2.35. The number of benzene rings is 2. The Morgan fingerprint density at radius 3 is 1.94 bits per heavy atom. The lowest BCUT2D eigenvalue weighted by Crippen LogP contribution is -1.97. The van der Waals surface area contributed by atoms with E-state index >= 15 is 0 Å². The Labute approximate surface area is 103 Å². The van der Waals surface area contributed by atoms with Crippen LogP contribution in [0.2, 0.25) is 0 Å². The van der Waals surface area contributed by atoms with Crippen molar-refractivity contribution in [2.75, 3.05) is 0 Å². The van der Waals surface area contributed by atoms with Gasteiger partial charge < -0.3 is 5.11 Å². The number of hydrogen-bond acceptors (Lipinski definition) is 1. The van der Waals surface area contributed by atoms with Gasteiger partial charge in [0.1, 0.15) is 5.75 Å². The second kappa shape index (κ2) is 4.62. The van der Waals surface area contributed by atoms with Crippen LogP contribution in [0, 0.1) is 13.8 Å². The summed E-state index contributed by atoms with van der Waals surface area (Å²) in [6.45, 7) is 6.09. The van der Waals surface area contributed by atoms with E-state index in [9.17, 15) is 5.11 Å². The Balaban J connectivity index is 2.41. The van der Waals surface area contributed by atoms with Crippen molar-refractivity contribution in [2.24, 2.45) is 0 Å². The van der Waals surface area contributed by atoms with Crippen molar-refractivity contribution >= 4 is 0 Å². The van der Waals surface area contributed by atoms with E-state index in [2.05, 4.69) is 43.3 Å². The Bertz CT molecular complexity index is 491. The van der Waals surface area contributed by atoms with Gasteiger partial charge in [-0.3, -0.25) is 0 Å². The van der Waals surface area contributed by atoms with Crippen LogP contribution in [0.4, 0.5) is 0 Å². The first-order valence-corrected chi connectivity index (χ1v) is 5.94. The molecule has 0 fully saturated rings. The molecule has 2 rings (SSSR count). The van der Waals surface area contributed by atoms with Crippen LogP contribution in [0.25, 0.3) is 0 Å². The second-order valence-corrected chi connectivity index (χ2v) is 4.64. The van der Waals surface area contributed by atoms with Crippen LogP contribution in [0.15, 0.2) is 42.5 Å². The number of aryl methyl sites for hydroxylation is 2. The molecule has 0 unspecified atom stereocenters. The molecule has 1 atom stereocenters. The molecule has 17 heavy (non-hydrogen) atoms. The third-order valence-electron chi connectivity index (χ3n) is 3.31. The summed E-state index contributed by atoms with van der Waals surface area (Å²) in [5.41, 5.74) is 4.45. The van der Waals surface area contributed by atoms with E-state index in [1.807, 2.05) is 19.9 Å². The molecule has 2 aromatic carbocycles. The van der Waals surface area contributed by atoms with Crippen LogP contribution in [0.1, 0.15) is 35.1 Å². The molecule has 0 saturated carbocycles. The Morgan fingerprint density at radius 2 is 1.41 bits per heavy atom. The van der Waals surface area contributed by atoms with Crippen LogP contribution in [0.3, 0.4) is 0 Å². The summed E-state index contributed by atoms with van der Waals surface area (Å²) in [5.74, 6) is 0.767. The number of phenolic OH excluding ortho intramolecular Hbond substituents is 1. The van der Waals surface area contributed by atoms with Gasteiger partial charge >= 0.3 is 0 Å². The lowest BCUT2D eigenvalue weighted by atomic mass is 9.91. The maximum absolute atomic E-state index is 9.78. The molecule has 0 radical (unpaired) electrons. The maximum atomic E-state index is 9.78. The zero-order chi connectivity index (χ0) is 12.4. The lowest BCUT2D eigenvalue weighted by Gasteiger charge is -2.15. The van der Waals surface area contributed by atoms with Crippen LogP contribution in [-0.2, 0) is 0 Å². The Kier molecular flexibility index (Phi) is 3.19. The molecular formula is C16H18O. The van der Waals surface area contributed by atoms with Gasteiger partial charge in [-0.25, -0.2) is 0 Å². The van der Waals surface area contributed by atoms with E-state index in [0.29, 0.717) is 11.7 Å². The fraction of sp³-hybridized carbons (Fsp3) is 0.250. The van der Waals surface area contributed by atoms with Crippen molar-refractivity contribution < 1.29 is 5.11 Å². The minimum Gasteiger partial charge on any atom is -0.507 e. The van der Waals surface area contributed by atoms with E-state index < -0.39 is 0 Å². The predicted octanol–water partition coefficient (Wildman–Crippen LogP) is 4.16. The highest BCUT2D eigenvalue weighted by atomic mass is 16.3. The van der Waals surface area contributed by atoms with E-state index in [1.54, 1.807) is 0 Å². The fourth-order valence-electron chi connectivity index (χ4n) is 2.17. The summed E-state index contributed by atoms with van der Waals surface area (Å²) in [5, 5.41) is 9.78. The summed E-state index contributed by atoms with van der Waals surface area (Å²) >= 11 is 0. The topological polar surface area (TPSA) is 20.2 Å². The van der Waals surface area contributed by atoms with Crippen LogP contribution < -0.4 is 0 Å². The van der Waals surface area contributed by atoms with Crippen molar-refractivity contribution in [2.45, 2.75) is 26.7 Å². The van der Waals surface area contributed by atoms with Crippen molar-refractivity contribution in [3.8, 4) is 5.75 Å². The molecule has 0 saturated heterocycles. The van der Waals surface area contributed by atoms with Crippen molar-refractivity contribution in [3.63, 3.8) is 0 Å². The molecular weight excluding hydrogens is 208 g/mol. The quantitative estimate of drug-likeness (QED) is 0.815. The first kappa shape index (κ1) is 11.7.